The molecule has 2 heterocycles. The summed E-state index contributed by atoms with van der Waals surface area (Å²) in [7, 11) is 0. The van der Waals surface area contributed by atoms with Crippen LogP contribution in [0.15, 0.2) is 45.7 Å². The average Bonchev–Trinajstić information content (AvgIpc) is 3.03. The Morgan fingerprint density at radius 2 is 2.00 bits per heavy atom. The number of hydrogen-bond donors (Lipinski definition) is 1. The zero-order valence-electron chi connectivity index (χ0n) is 12.3. The average molecular weight is 380 g/mol. The molecule has 24 heavy (non-hydrogen) atoms. The summed E-state index contributed by atoms with van der Waals surface area (Å²) in [6, 6.07) is 8.14. The molecule has 0 bridgehead atoms. The summed E-state index contributed by atoms with van der Waals surface area (Å²) < 4.78 is 2.14. The topological polar surface area (TPSA) is 89.8 Å². The van der Waals surface area contributed by atoms with E-state index in [2.05, 4.69) is 20.6 Å². The maximum atomic E-state index is 12.3. The fourth-order valence-corrected chi connectivity index (χ4v) is 3.09. The van der Waals surface area contributed by atoms with Crippen molar-refractivity contribution in [2.45, 2.75) is 4.34 Å². The van der Waals surface area contributed by atoms with Gasteiger partial charge in [-0.25, -0.2) is 4.68 Å². The number of benzene rings is 1. The van der Waals surface area contributed by atoms with Crippen molar-refractivity contribution in [1.29, 1.82) is 0 Å². The second kappa shape index (κ2) is 7.12. The molecular formula is C14H10ClN5O2S2. The highest BCUT2D eigenvalue weighted by atomic mass is 35.5. The van der Waals surface area contributed by atoms with Gasteiger partial charge in [0.25, 0.3) is 5.91 Å². The summed E-state index contributed by atoms with van der Waals surface area (Å²) in [5, 5.41) is 15.2. The smallest absolute Gasteiger partial charge is 0.282 e. The molecule has 3 rings (SSSR count). The summed E-state index contributed by atoms with van der Waals surface area (Å²) in [5.41, 5.74) is -0.0327. The summed E-state index contributed by atoms with van der Waals surface area (Å²) in [5.74, 6) is -0.632. The van der Waals surface area contributed by atoms with Gasteiger partial charge in [-0.05, 0) is 30.5 Å². The van der Waals surface area contributed by atoms with E-state index in [1.807, 2.05) is 6.26 Å². The molecular weight excluding hydrogens is 370 g/mol. The van der Waals surface area contributed by atoms with Gasteiger partial charge in [0.1, 0.15) is 0 Å². The lowest BCUT2D eigenvalue weighted by molar-refractivity contribution is 0.101. The van der Waals surface area contributed by atoms with Gasteiger partial charge in [-0.2, -0.15) is 5.10 Å². The molecule has 7 nitrogen and oxygen atoms in total. The standard InChI is InChI=1S/C14H10ClN5O2S2/c1-23-14-18-17-13(24-14)16-12(22)11-10(21)6-7-20(19-11)9-4-2-8(15)3-5-9/h2-7H,1H3,(H,16,17,22). The number of carbonyl (C=O) groups excluding carboxylic acids is 1. The van der Waals surface area contributed by atoms with Gasteiger partial charge in [-0.3, -0.25) is 14.9 Å². The Balaban J connectivity index is 1.89. The number of thioether (sulfide) groups is 1. The van der Waals surface area contributed by atoms with E-state index in [-0.39, 0.29) is 5.69 Å². The Bertz CT molecular complexity index is 939. The van der Waals surface area contributed by atoms with Crippen LogP contribution in [0.1, 0.15) is 10.5 Å². The van der Waals surface area contributed by atoms with E-state index in [0.29, 0.717) is 20.2 Å². The normalized spacial score (nSPS) is 10.6. The van der Waals surface area contributed by atoms with E-state index in [4.69, 9.17) is 11.6 Å². The van der Waals surface area contributed by atoms with Gasteiger partial charge in [0, 0.05) is 17.3 Å². The number of amides is 1. The van der Waals surface area contributed by atoms with E-state index in [9.17, 15) is 9.59 Å². The van der Waals surface area contributed by atoms with Gasteiger partial charge in [0.15, 0.2) is 10.0 Å². The van der Waals surface area contributed by atoms with Crippen LogP contribution in [0.3, 0.4) is 0 Å². The van der Waals surface area contributed by atoms with Gasteiger partial charge >= 0.3 is 0 Å². The third-order valence-electron chi connectivity index (χ3n) is 2.92. The molecule has 3 aromatic rings. The highest BCUT2D eigenvalue weighted by Gasteiger charge is 2.16. The Kier molecular flexibility index (Phi) is 4.93. The molecule has 0 radical (unpaired) electrons. The Hall–Kier alpha value is -2.23. The van der Waals surface area contributed by atoms with Crippen molar-refractivity contribution in [3.05, 3.63) is 57.5 Å². The molecule has 0 fully saturated rings. The maximum Gasteiger partial charge on any atom is 0.282 e. The highest BCUT2D eigenvalue weighted by molar-refractivity contribution is 8.00. The van der Waals surface area contributed by atoms with Crippen molar-refractivity contribution < 1.29 is 4.79 Å². The lowest BCUT2D eigenvalue weighted by atomic mass is 10.3. The number of rotatable bonds is 4. The highest BCUT2D eigenvalue weighted by Crippen LogP contribution is 2.23. The molecule has 1 aromatic carbocycles. The van der Waals surface area contributed by atoms with Crippen LogP contribution in [0.5, 0.6) is 0 Å². The van der Waals surface area contributed by atoms with Crippen molar-refractivity contribution in [1.82, 2.24) is 20.0 Å². The van der Waals surface area contributed by atoms with E-state index in [1.54, 1.807) is 24.3 Å². The van der Waals surface area contributed by atoms with E-state index in [0.717, 1.165) is 0 Å². The monoisotopic (exact) mass is 379 g/mol. The molecule has 0 spiro atoms. The number of carbonyl (C=O) groups is 1. The van der Waals surface area contributed by atoms with Crippen LogP contribution >= 0.6 is 34.7 Å². The van der Waals surface area contributed by atoms with Crippen LogP contribution in [0, 0.1) is 0 Å². The molecule has 0 aliphatic carbocycles. The van der Waals surface area contributed by atoms with Crippen molar-refractivity contribution >= 4 is 45.7 Å². The minimum Gasteiger partial charge on any atom is -0.295 e. The first-order chi connectivity index (χ1) is 11.6. The fourth-order valence-electron chi connectivity index (χ4n) is 1.80. The lowest BCUT2D eigenvalue weighted by Crippen LogP contribution is -2.25. The summed E-state index contributed by atoms with van der Waals surface area (Å²) in [6.45, 7) is 0. The summed E-state index contributed by atoms with van der Waals surface area (Å²) in [4.78, 5) is 24.2. The summed E-state index contributed by atoms with van der Waals surface area (Å²) >= 11 is 8.49. The first kappa shape index (κ1) is 16.6. The second-order valence-electron chi connectivity index (χ2n) is 4.48. The predicted octanol–water partition coefficient (Wildman–Crippen LogP) is 2.71. The van der Waals surface area contributed by atoms with Gasteiger partial charge in [-0.15, -0.1) is 10.2 Å². The number of aromatic nitrogens is 4. The van der Waals surface area contributed by atoms with Crippen LogP contribution in [-0.4, -0.2) is 32.1 Å². The maximum absolute atomic E-state index is 12.3. The fraction of sp³-hybridized carbons (Fsp3) is 0.0714. The lowest BCUT2D eigenvalue weighted by Gasteiger charge is -2.07. The minimum absolute atomic E-state index is 0.228. The molecule has 0 saturated carbocycles. The van der Waals surface area contributed by atoms with Crippen LogP contribution < -0.4 is 10.7 Å². The molecule has 0 saturated heterocycles. The largest absolute Gasteiger partial charge is 0.295 e. The zero-order valence-corrected chi connectivity index (χ0v) is 14.7. The third kappa shape index (κ3) is 3.64. The zero-order chi connectivity index (χ0) is 17.1. The first-order valence-electron chi connectivity index (χ1n) is 6.61. The number of hydrogen-bond acceptors (Lipinski definition) is 7. The van der Waals surface area contributed by atoms with Gasteiger partial charge in [0.05, 0.1) is 5.69 Å². The van der Waals surface area contributed by atoms with Gasteiger partial charge in [-0.1, -0.05) is 34.7 Å². The number of halogens is 1. The van der Waals surface area contributed by atoms with E-state index < -0.39 is 11.3 Å². The van der Waals surface area contributed by atoms with Crippen LogP contribution in [0.2, 0.25) is 5.02 Å². The van der Waals surface area contributed by atoms with Gasteiger partial charge in [0.2, 0.25) is 10.6 Å². The molecule has 1 amide bonds. The quantitative estimate of drug-likeness (QED) is 0.553. The molecule has 122 valence electrons. The van der Waals surface area contributed by atoms with Crippen molar-refractivity contribution in [3.63, 3.8) is 0 Å². The van der Waals surface area contributed by atoms with Crippen LogP contribution in [-0.2, 0) is 0 Å². The molecule has 0 atom stereocenters. The summed E-state index contributed by atoms with van der Waals surface area (Å²) in [6.07, 6.45) is 3.34. The number of nitrogens with one attached hydrogen (secondary N) is 1. The van der Waals surface area contributed by atoms with Crippen LogP contribution in [0.25, 0.3) is 5.69 Å². The molecule has 0 aliphatic heterocycles. The number of nitrogens with zero attached hydrogens (tertiary/aromatic N) is 4. The Morgan fingerprint density at radius 1 is 1.25 bits per heavy atom. The Labute approximate surface area is 149 Å². The number of anilines is 1. The second-order valence-corrected chi connectivity index (χ2v) is 6.95. The van der Waals surface area contributed by atoms with Crippen molar-refractivity contribution in [2.24, 2.45) is 0 Å². The van der Waals surface area contributed by atoms with E-state index >= 15 is 0 Å². The van der Waals surface area contributed by atoms with Crippen molar-refractivity contribution in [3.8, 4) is 5.69 Å². The van der Waals surface area contributed by atoms with Gasteiger partial charge < -0.3 is 0 Å². The third-order valence-corrected chi connectivity index (χ3v) is 4.98. The minimum atomic E-state index is -0.632. The molecule has 2 aromatic heterocycles. The molecule has 0 unspecified atom stereocenters. The Morgan fingerprint density at radius 3 is 2.67 bits per heavy atom. The molecule has 10 heteroatoms. The first-order valence-corrected chi connectivity index (χ1v) is 9.03. The van der Waals surface area contributed by atoms with Crippen LogP contribution in [0.4, 0.5) is 5.13 Å². The van der Waals surface area contributed by atoms with E-state index in [1.165, 1.54) is 40.0 Å². The SMILES string of the molecule is CSc1nnc(NC(=O)c2nn(-c3ccc(Cl)cc3)ccc2=O)s1. The molecule has 1 N–H and O–H groups in total. The predicted molar refractivity (Wildman–Crippen MR) is 94.5 cm³/mol. The van der Waals surface area contributed by atoms with Crippen molar-refractivity contribution in [2.75, 3.05) is 11.6 Å². The molecule has 0 aliphatic rings.